The highest BCUT2D eigenvalue weighted by atomic mass is 16.6. The summed E-state index contributed by atoms with van der Waals surface area (Å²) in [5, 5.41) is 9.75. The van der Waals surface area contributed by atoms with E-state index in [1.165, 1.54) is 0 Å². The normalized spacial score (nSPS) is 43.8. The van der Waals surface area contributed by atoms with Crippen molar-refractivity contribution in [1.82, 2.24) is 0 Å². The zero-order chi connectivity index (χ0) is 8.82. The summed E-state index contributed by atoms with van der Waals surface area (Å²) >= 11 is 0. The van der Waals surface area contributed by atoms with Crippen LogP contribution in [-0.4, -0.2) is 36.1 Å². The van der Waals surface area contributed by atoms with E-state index >= 15 is 0 Å². The maximum atomic E-state index is 9.75. The summed E-state index contributed by atoms with van der Waals surface area (Å²) < 4.78 is 10.9. The molecule has 3 heteroatoms. The van der Waals surface area contributed by atoms with E-state index < -0.39 is 5.60 Å². The van der Waals surface area contributed by atoms with E-state index in [0.29, 0.717) is 6.61 Å². The van der Waals surface area contributed by atoms with Gasteiger partial charge in [0.1, 0.15) is 5.60 Å². The number of aliphatic hydroxyl groups is 1. The zero-order valence-corrected chi connectivity index (χ0v) is 7.67. The van der Waals surface area contributed by atoms with Crippen LogP contribution in [0, 0.1) is 0 Å². The minimum Gasteiger partial charge on any atom is -0.390 e. The maximum absolute atomic E-state index is 9.75. The number of hydrogen-bond acceptors (Lipinski definition) is 3. The van der Waals surface area contributed by atoms with Gasteiger partial charge in [-0.25, -0.2) is 0 Å². The Morgan fingerprint density at radius 3 is 2.67 bits per heavy atom. The minimum atomic E-state index is -0.467. The average Bonchev–Trinajstić information content (AvgIpc) is 2.63. The summed E-state index contributed by atoms with van der Waals surface area (Å²) in [6.07, 6.45) is 2.62. The van der Waals surface area contributed by atoms with Gasteiger partial charge in [0.05, 0.1) is 18.3 Å². The minimum absolute atomic E-state index is 0.0205. The fourth-order valence-electron chi connectivity index (χ4n) is 2.03. The van der Waals surface area contributed by atoms with Gasteiger partial charge in [-0.1, -0.05) is 0 Å². The first-order valence-corrected chi connectivity index (χ1v) is 4.47. The Bertz CT molecular complexity index is 188. The third-order valence-corrected chi connectivity index (χ3v) is 2.96. The van der Waals surface area contributed by atoms with Gasteiger partial charge < -0.3 is 14.6 Å². The highest BCUT2D eigenvalue weighted by molar-refractivity contribution is 5.08. The number of ether oxygens (including phenoxy) is 2. The van der Waals surface area contributed by atoms with Crippen molar-refractivity contribution in [3.05, 3.63) is 0 Å². The predicted octanol–water partition coefficient (Wildman–Crippen LogP) is 0.705. The highest BCUT2D eigenvalue weighted by Gasteiger charge is 2.59. The first-order valence-electron chi connectivity index (χ1n) is 4.47. The molecule has 12 heavy (non-hydrogen) atoms. The molecule has 1 saturated carbocycles. The van der Waals surface area contributed by atoms with Crippen molar-refractivity contribution in [2.24, 2.45) is 0 Å². The van der Waals surface area contributed by atoms with Crippen LogP contribution in [-0.2, 0) is 9.47 Å². The molecule has 0 aromatic heterocycles. The van der Waals surface area contributed by atoms with E-state index in [-0.39, 0.29) is 11.7 Å². The summed E-state index contributed by atoms with van der Waals surface area (Å²) in [6, 6.07) is 0. The number of rotatable bonds is 2. The van der Waals surface area contributed by atoms with Crippen molar-refractivity contribution in [1.29, 1.82) is 0 Å². The van der Waals surface area contributed by atoms with Crippen molar-refractivity contribution in [2.45, 2.75) is 43.5 Å². The quantitative estimate of drug-likeness (QED) is 0.666. The van der Waals surface area contributed by atoms with E-state index in [1.54, 1.807) is 7.11 Å². The number of aliphatic hydroxyl groups excluding tert-OH is 1. The van der Waals surface area contributed by atoms with Crippen molar-refractivity contribution in [2.75, 3.05) is 13.7 Å². The van der Waals surface area contributed by atoms with Crippen LogP contribution >= 0.6 is 0 Å². The van der Waals surface area contributed by atoms with Crippen LogP contribution in [0.1, 0.15) is 26.2 Å². The Kier molecular flexibility index (Phi) is 1.72. The third kappa shape index (κ3) is 1.16. The molecule has 1 N–H and O–H groups in total. The molecule has 2 atom stereocenters. The average molecular weight is 172 g/mol. The van der Waals surface area contributed by atoms with Crippen LogP contribution in [0.25, 0.3) is 0 Å². The van der Waals surface area contributed by atoms with Crippen LogP contribution in [0.5, 0.6) is 0 Å². The van der Waals surface area contributed by atoms with Gasteiger partial charge in [-0.05, 0) is 19.8 Å². The Labute approximate surface area is 72.7 Å². The molecule has 1 aliphatic heterocycles. The van der Waals surface area contributed by atoms with Crippen LogP contribution < -0.4 is 0 Å². The maximum Gasteiger partial charge on any atom is 0.115 e. The molecule has 1 unspecified atom stereocenters. The third-order valence-electron chi connectivity index (χ3n) is 2.96. The predicted molar refractivity (Wildman–Crippen MR) is 44.0 cm³/mol. The van der Waals surface area contributed by atoms with Crippen LogP contribution in [0.3, 0.4) is 0 Å². The smallest absolute Gasteiger partial charge is 0.115 e. The van der Waals surface area contributed by atoms with Gasteiger partial charge in [0, 0.05) is 13.5 Å². The topological polar surface area (TPSA) is 38.7 Å². The Hall–Kier alpha value is -0.120. The van der Waals surface area contributed by atoms with Crippen molar-refractivity contribution in [3.8, 4) is 0 Å². The van der Waals surface area contributed by atoms with Crippen molar-refractivity contribution in [3.63, 3.8) is 0 Å². The molecule has 0 bridgehead atoms. The molecule has 70 valence electrons. The lowest BCUT2D eigenvalue weighted by Gasteiger charge is -2.26. The fourth-order valence-corrected chi connectivity index (χ4v) is 2.03. The Morgan fingerprint density at radius 2 is 2.25 bits per heavy atom. The van der Waals surface area contributed by atoms with E-state index in [9.17, 15) is 5.11 Å². The van der Waals surface area contributed by atoms with Gasteiger partial charge in [-0.2, -0.15) is 0 Å². The summed E-state index contributed by atoms with van der Waals surface area (Å²) in [4.78, 5) is 0. The first-order chi connectivity index (χ1) is 5.60. The monoisotopic (exact) mass is 172 g/mol. The van der Waals surface area contributed by atoms with Gasteiger partial charge >= 0.3 is 0 Å². The van der Waals surface area contributed by atoms with Gasteiger partial charge in [0.2, 0.25) is 0 Å². The second-order valence-electron chi connectivity index (χ2n) is 4.25. The summed E-state index contributed by atoms with van der Waals surface area (Å²) in [5.41, 5.74) is -0.446. The largest absolute Gasteiger partial charge is 0.390 e. The lowest BCUT2D eigenvalue weighted by molar-refractivity contribution is -0.113. The Balaban J connectivity index is 2.06. The molecule has 2 rings (SSSR count). The van der Waals surface area contributed by atoms with Crippen LogP contribution in [0.4, 0.5) is 0 Å². The SMILES string of the molecule is COCC1(C)OC2(CC2)C[C@@H]1O. The van der Waals surface area contributed by atoms with Gasteiger partial charge in [-0.3, -0.25) is 0 Å². The molecule has 1 saturated heterocycles. The van der Waals surface area contributed by atoms with Crippen LogP contribution in [0.15, 0.2) is 0 Å². The summed E-state index contributed by atoms with van der Waals surface area (Å²) in [5.74, 6) is 0. The standard InChI is InChI=1S/C9H16O3/c1-8(6-11-2)7(10)5-9(12-8)3-4-9/h7,10H,3-6H2,1-2H3/t7-,8?/m0/s1. The van der Waals surface area contributed by atoms with E-state index in [0.717, 1.165) is 19.3 Å². The molecule has 0 amide bonds. The van der Waals surface area contributed by atoms with Gasteiger partial charge in [0.15, 0.2) is 0 Å². The van der Waals surface area contributed by atoms with Gasteiger partial charge in [-0.15, -0.1) is 0 Å². The second-order valence-corrected chi connectivity index (χ2v) is 4.25. The zero-order valence-electron chi connectivity index (χ0n) is 7.67. The van der Waals surface area contributed by atoms with Crippen LogP contribution in [0.2, 0.25) is 0 Å². The Morgan fingerprint density at radius 1 is 1.58 bits per heavy atom. The molecule has 0 radical (unpaired) electrons. The van der Waals surface area contributed by atoms with E-state index in [4.69, 9.17) is 9.47 Å². The number of methoxy groups -OCH3 is 1. The molecule has 0 aromatic rings. The van der Waals surface area contributed by atoms with Crippen molar-refractivity contribution >= 4 is 0 Å². The van der Waals surface area contributed by atoms with Crippen molar-refractivity contribution < 1.29 is 14.6 Å². The summed E-state index contributed by atoms with van der Waals surface area (Å²) in [7, 11) is 1.64. The van der Waals surface area contributed by atoms with Gasteiger partial charge in [0.25, 0.3) is 0 Å². The molecule has 2 aliphatic rings. The molecule has 3 nitrogen and oxygen atoms in total. The molecule has 0 aromatic carbocycles. The highest BCUT2D eigenvalue weighted by Crippen LogP contribution is 2.53. The molecule has 1 aliphatic carbocycles. The molecule has 2 fully saturated rings. The van der Waals surface area contributed by atoms with E-state index in [2.05, 4.69) is 0 Å². The first kappa shape index (κ1) is 8.48. The second kappa shape index (κ2) is 2.44. The number of hydrogen-bond donors (Lipinski definition) is 1. The molecule has 1 spiro atoms. The molecular formula is C9H16O3. The molecule has 1 heterocycles. The van der Waals surface area contributed by atoms with E-state index in [1.807, 2.05) is 6.92 Å². The summed E-state index contributed by atoms with van der Waals surface area (Å²) in [6.45, 7) is 2.41. The fraction of sp³-hybridized carbons (Fsp3) is 1.00. The lowest BCUT2D eigenvalue weighted by atomic mass is 9.99. The lowest BCUT2D eigenvalue weighted by Crippen LogP contribution is -2.40. The molecular weight excluding hydrogens is 156 g/mol.